The lowest BCUT2D eigenvalue weighted by atomic mass is 9.97. The van der Waals surface area contributed by atoms with Crippen molar-refractivity contribution in [2.24, 2.45) is 0 Å². The molecule has 1 aliphatic rings. The number of nitrogens with zero attached hydrogens (tertiary/aromatic N) is 4. The van der Waals surface area contributed by atoms with Crippen molar-refractivity contribution in [1.82, 2.24) is 14.9 Å². The third-order valence-corrected chi connectivity index (χ3v) is 7.86. The average molecular weight is 603 g/mol. The van der Waals surface area contributed by atoms with E-state index in [1.807, 2.05) is 36.4 Å². The fourth-order valence-corrected chi connectivity index (χ4v) is 5.67. The molecule has 10 heteroatoms. The molecule has 2 unspecified atom stereocenters. The molecule has 0 aliphatic carbocycles. The molecular weight excluding hydrogens is 577 g/mol. The first-order chi connectivity index (χ1) is 16.7. The fourth-order valence-electron chi connectivity index (χ4n) is 4.45. The van der Waals surface area contributed by atoms with Gasteiger partial charge in [0.1, 0.15) is 9.84 Å². The second-order valence-corrected chi connectivity index (χ2v) is 12.3. The molecule has 0 radical (unpaired) electrons. The molecular formula is C25H26IN5O3S. The van der Waals surface area contributed by atoms with Gasteiger partial charge in [-0.25, -0.2) is 13.4 Å². The van der Waals surface area contributed by atoms with Gasteiger partial charge in [-0.3, -0.25) is 9.69 Å². The molecule has 0 saturated carbocycles. The minimum absolute atomic E-state index is 0.0352. The van der Waals surface area contributed by atoms with Crippen molar-refractivity contribution in [2.75, 3.05) is 30.0 Å². The van der Waals surface area contributed by atoms with Gasteiger partial charge in [0, 0.05) is 34.3 Å². The number of hydrogen-bond donors (Lipinski definition) is 1. The highest BCUT2D eigenvalue weighted by Crippen LogP contribution is 2.32. The number of carbonyl (C=O) groups is 1. The van der Waals surface area contributed by atoms with Crippen LogP contribution in [-0.4, -0.2) is 60.3 Å². The average Bonchev–Trinajstić information content (AvgIpc) is 3.36. The number of H-pyrrole nitrogens is 1. The number of aromatic nitrogens is 2. The number of aromatic amines is 1. The van der Waals surface area contributed by atoms with Gasteiger partial charge in [0.2, 0.25) is 5.91 Å². The summed E-state index contributed by atoms with van der Waals surface area (Å²) in [5.74, 6) is 0.00156. The van der Waals surface area contributed by atoms with E-state index in [1.54, 1.807) is 29.6 Å². The number of anilines is 1. The number of hydrogen-bond acceptors (Lipinski definition) is 6. The maximum atomic E-state index is 13.4. The van der Waals surface area contributed by atoms with Crippen LogP contribution in [0.1, 0.15) is 29.3 Å². The van der Waals surface area contributed by atoms with Crippen LogP contribution >= 0.6 is 22.6 Å². The Bertz CT molecular complexity index is 1320. The predicted molar refractivity (Wildman–Crippen MR) is 143 cm³/mol. The largest absolute Gasteiger partial charge is 0.347 e. The van der Waals surface area contributed by atoms with E-state index in [2.05, 4.69) is 43.5 Å². The molecule has 8 nitrogen and oxygen atoms in total. The maximum absolute atomic E-state index is 13.4. The minimum Gasteiger partial charge on any atom is -0.347 e. The molecule has 3 aromatic rings. The van der Waals surface area contributed by atoms with Crippen LogP contribution in [0.4, 0.5) is 5.69 Å². The third kappa shape index (κ3) is 6.48. The molecule has 1 aromatic heterocycles. The Labute approximate surface area is 219 Å². The van der Waals surface area contributed by atoms with Crippen LogP contribution in [0.15, 0.2) is 61.1 Å². The van der Waals surface area contributed by atoms with E-state index in [0.29, 0.717) is 24.9 Å². The summed E-state index contributed by atoms with van der Waals surface area (Å²) in [5.41, 5.74) is 3.27. The monoisotopic (exact) mass is 603 g/mol. The van der Waals surface area contributed by atoms with E-state index >= 15 is 0 Å². The summed E-state index contributed by atoms with van der Waals surface area (Å²) in [6.07, 6.45) is 5.59. The van der Waals surface area contributed by atoms with Crippen molar-refractivity contribution >= 4 is 44.0 Å². The van der Waals surface area contributed by atoms with Crippen LogP contribution in [-0.2, 0) is 21.1 Å². The van der Waals surface area contributed by atoms with E-state index < -0.39 is 9.84 Å². The minimum atomic E-state index is -3.18. The Kier molecular flexibility index (Phi) is 7.88. The first-order valence-electron chi connectivity index (χ1n) is 11.2. The van der Waals surface area contributed by atoms with E-state index in [4.69, 9.17) is 5.26 Å². The molecule has 182 valence electrons. The molecule has 0 bridgehead atoms. The van der Waals surface area contributed by atoms with Gasteiger partial charge in [-0.15, -0.1) is 0 Å². The summed E-state index contributed by atoms with van der Waals surface area (Å²) >= 11 is 2.22. The van der Waals surface area contributed by atoms with Crippen molar-refractivity contribution < 1.29 is 13.2 Å². The van der Waals surface area contributed by atoms with Crippen LogP contribution < -0.4 is 4.90 Å². The maximum Gasteiger partial charge on any atom is 0.241 e. The Hall–Kier alpha value is -2.75. The molecule has 1 fully saturated rings. The van der Waals surface area contributed by atoms with Crippen LogP contribution in [0.25, 0.3) is 0 Å². The summed E-state index contributed by atoms with van der Waals surface area (Å²) in [6, 6.07) is 16.9. The molecule has 1 amide bonds. The molecule has 0 spiro atoms. The number of amides is 1. The quantitative estimate of drug-likeness (QED) is 0.396. The molecule has 4 rings (SSSR count). The Morgan fingerprint density at radius 1 is 1.26 bits per heavy atom. The number of nitriles is 1. The van der Waals surface area contributed by atoms with Crippen molar-refractivity contribution in [1.29, 1.82) is 5.26 Å². The van der Waals surface area contributed by atoms with Crippen LogP contribution in [0.5, 0.6) is 0 Å². The third-order valence-electron chi connectivity index (χ3n) is 6.21. The number of nitrogens with one attached hydrogen (secondary N) is 1. The van der Waals surface area contributed by atoms with Gasteiger partial charge in [0.25, 0.3) is 0 Å². The number of imidazole rings is 1. The number of halogens is 1. The summed E-state index contributed by atoms with van der Waals surface area (Å²) < 4.78 is 25.1. The SMILES string of the molecule is CS(=O)(=O)CCC1CN(c2cccc(I)c2)C(=O)CN1C(Cc1ccc(C#N)cc1)c1cnc[nH]1. The lowest BCUT2D eigenvalue weighted by Crippen LogP contribution is -2.58. The lowest BCUT2D eigenvalue weighted by molar-refractivity contribution is -0.123. The van der Waals surface area contributed by atoms with Crippen molar-refractivity contribution in [3.63, 3.8) is 0 Å². The number of benzene rings is 2. The first-order valence-corrected chi connectivity index (χ1v) is 14.3. The Balaban J connectivity index is 1.67. The van der Waals surface area contributed by atoms with E-state index in [0.717, 1.165) is 20.5 Å². The van der Waals surface area contributed by atoms with E-state index in [1.165, 1.54) is 6.26 Å². The zero-order valence-corrected chi connectivity index (χ0v) is 22.2. The highest BCUT2D eigenvalue weighted by Gasteiger charge is 2.38. The van der Waals surface area contributed by atoms with Crippen molar-refractivity contribution in [3.05, 3.63) is 81.4 Å². The topological polar surface area (TPSA) is 110 Å². The smallest absolute Gasteiger partial charge is 0.241 e. The number of piperazine rings is 1. The Morgan fingerprint density at radius 3 is 2.66 bits per heavy atom. The van der Waals surface area contributed by atoms with Crippen LogP contribution in [0.2, 0.25) is 0 Å². The van der Waals surface area contributed by atoms with Crippen molar-refractivity contribution in [3.8, 4) is 6.07 Å². The van der Waals surface area contributed by atoms with Gasteiger partial charge >= 0.3 is 0 Å². The zero-order chi connectivity index (χ0) is 25.0. The van der Waals surface area contributed by atoms with Gasteiger partial charge in [0.15, 0.2) is 0 Å². The predicted octanol–water partition coefficient (Wildman–Crippen LogP) is 3.32. The number of carbonyl (C=O) groups excluding carboxylic acids is 1. The molecule has 1 aliphatic heterocycles. The second kappa shape index (κ2) is 10.9. The molecule has 2 aromatic carbocycles. The van der Waals surface area contributed by atoms with Gasteiger partial charge in [-0.2, -0.15) is 5.26 Å². The molecule has 2 atom stereocenters. The number of rotatable bonds is 8. The summed E-state index contributed by atoms with van der Waals surface area (Å²) in [7, 11) is -3.18. The van der Waals surface area contributed by atoms with Crippen LogP contribution in [0, 0.1) is 14.9 Å². The van der Waals surface area contributed by atoms with Gasteiger partial charge < -0.3 is 9.88 Å². The van der Waals surface area contributed by atoms with Crippen LogP contribution in [0.3, 0.4) is 0 Å². The highest BCUT2D eigenvalue weighted by molar-refractivity contribution is 14.1. The number of sulfone groups is 1. The van der Waals surface area contributed by atoms with E-state index in [9.17, 15) is 13.2 Å². The van der Waals surface area contributed by atoms with E-state index in [-0.39, 0.29) is 30.3 Å². The van der Waals surface area contributed by atoms with Crippen molar-refractivity contribution in [2.45, 2.75) is 24.9 Å². The standard InChI is InChI=1S/C25H26IN5O3S/c1-35(33,34)10-9-22-15-31(21-4-2-3-20(26)12-21)25(32)16-30(22)24(23-14-28-17-29-23)11-18-5-7-19(13-27)8-6-18/h2-8,12,14,17,22,24H,9-11,15-16H2,1H3,(H,28,29). The summed E-state index contributed by atoms with van der Waals surface area (Å²) in [4.78, 5) is 24.6. The van der Waals surface area contributed by atoms with Gasteiger partial charge in [0.05, 0.1) is 42.0 Å². The molecule has 1 N–H and O–H groups in total. The van der Waals surface area contributed by atoms with Gasteiger partial charge in [-0.05, 0) is 71.3 Å². The molecule has 1 saturated heterocycles. The molecule has 35 heavy (non-hydrogen) atoms. The molecule has 2 heterocycles. The zero-order valence-electron chi connectivity index (χ0n) is 19.3. The summed E-state index contributed by atoms with van der Waals surface area (Å²) in [5, 5.41) is 9.13. The lowest BCUT2D eigenvalue weighted by Gasteiger charge is -2.44. The first kappa shape index (κ1) is 25.3. The second-order valence-electron chi connectivity index (χ2n) is 8.76. The summed E-state index contributed by atoms with van der Waals surface area (Å²) in [6.45, 7) is 0.548. The van der Waals surface area contributed by atoms with Gasteiger partial charge in [-0.1, -0.05) is 18.2 Å². The normalized spacial score (nSPS) is 17.8. The highest BCUT2D eigenvalue weighted by atomic mass is 127. The Morgan fingerprint density at radius 2 is 2.03 bits per heavy atom. The fraction of sp³-hybridized carbons (Fsp3) is 0.320.